The normalized spacial score (nSPS) is 11.6. The van der Waals surface area contributed by atoms with Crippen LogP contribution in [0.25, 0.3) is 0 Å². The number of unbranched alkanes of at least 4 members (excludes halogenated alkanes) is 3. The van der Waals surface area contributed by atoms with Crippen LogP contribution in [0.1, 0.15) is 31.2 Å². The molecule has 0 radical (unpaired) electrons. The quantitative estimate of drug-likeness (QED) is 0.529. The molecule has 108 valence electrons. The molecule has 6 heteroatoms. The highest BCUT2D eigenvalue weighted by Crippen LogP contribution is 2.35. The number of halogens is 3. The number of rotatable bonds is 7. The maximum Gasteiger partial charge on any atom is 0.418 e. The van der Waals surface area contributed by atoms with Gasteiger partial charge < -0.3 is 16.2 Å². The van der Waals surface area contributed by atoms with Crippen LogP contribution in [0, 0.1) is 0 Å². The summed E-state index contributed by atoms with van der Waals surface area (Å²) in [7, 11) is 0. The minimum atomic E-state index is -4.43. The van der Waals surface area contributed by atoms with Crippen molar-refractivity contribution in [2.45, 2.75) is 31.9 Å². The third kappa shape index (κ3) is 5.38. The maximum absolute atomic E-state index is 12.6. The molecule has 1 rings (SSSR count). The van der Waals surface area contributed by atoms with Crippen LogP contribution in [0.3, 0.4) is 0 Å². The Hall–Kier alpha value is -1.43. The fraction of sp³-hybridized carbons (Fsp3) is 0.538. The number of benzene rings is 1. The van der Waals surface area contributed by atoms with Crippen molar-refractivity contribution in [1.82, 2.24) is 0 Å². The fourth-order valence-corrected chi connectivity index (χ4v) is 1.73. The SMILES string of the molecule is Nc1ccc(NCCCCCCO)cc1C(F)(F)F. The summed E-state index contributed by atoms with van der Waals surface area (Å²) in [6, 6.07) is 3.83. The van der Waals surface area contributed by atoms with Gasteiger partial charge in [-0.15, -0.1) is 0 Å². The number of nitrogens with two attached hydrogens (primary N) is 1. The molecule has 3 nitrogen and oxygen atoms in total. The molecule has 0 bridgehead atoms. The lowest BCUT2D eigenvalue weighted by atomic mass is 10.1. The molecule has 0 unspecified atom stereocenters. The van der Waals surface area contributed by atoms with Gasteiger partial charge in [0.25, 0.3) is 0 Å². The van der Waals surface area contributed by atoms with Crippen LogP contribution in [0.15, 0.2) is 18.2 Å². The first-order chi connectivity index (χ1) is 8.95. The molecule has 0 aliphatic rings. The maximum atomic E-state index is 12.6. The van der Waals surface area contributed by atoms with Crippen LogP contribution in [0.5, 0.6) is 0 Å². The largest absolute Gasteiger partial charge is 0.418 e. The fourth-order valence-electron chi connectivity index (χ4n) is 1.73. The van der Waals surface area contributed by atoms with Gasteiger partial charge in [0.15, 0.2) is 0 Å². The van der Waals surface area contributed by atoms with E-state index in [9.17, 15) is 13.2 Å². The number of aliphatic hydroxyl groups excluding tert-OH is 1. The van der Waals surface area contributed by atoms with Crippen LogP contribution >= 0.6 is 0 Å². The summed E-state index contributed by atoms with van der Waals surface area (Å²) in [6.45, 7) is 0.785. The van der Waals surface area contributed by atoms with Gasteiger partial charge in [-0.25, -0.2) is 0 Å². The highest BCUT2D eigenvalue weighted by atomic mass is 19.4. The van der Waals surface area contributed by atoms with E-state index in [2.05, 4.69) is 5.32 Å². The summed E-state index contributed by atoms with van der Waals surface area (Å²) in [5.41, 5.74) is 4.66. The summed E-state index contributed by atoms with van der Waals surface area (Å²) in [5.74, 6) is 0. The smallest absolute Gasteiger partial charge is 0.398 e. The highest BCUT2D eigenvalue weighted by Gasteiger charge is 2.33. The molecule has 4 N–H and O–H groups in total. The Morgan fingerprint density at radius 2 is 1.79 bits per heavy atom. The van der Waals surface area contributed by atoms with Gasteiger partial charge in [0.05, 0.1) is 5.56 Å². The minimum Gasteiger partial charge on any atom is -0.398 e. The number of hydrogen-bond donors (Lipinski definition) is 3. The van der Waals surface area contributed by atoms with Crippen molar-refractivity contribution in [2.75, 3.05) is 24.2 Å². The lowest BCUT2D eigenvalue weighted by molar-refractivity contribution is -0.136. The third-order valence-corrected chi connectivity index (χ3v) is 2.77. The van der Waals surface area contributed by atoms with E-state index >= 15 is 0 Å². The zero-order valence-electron chi connectivity index (χ0n) is 10.6. The number of nitrogens with one attached hydrogen (secondary N) is 1. The van der Waals surface area contributed by atoms with Gasteiger partial charge in [0, 0.05) is 24.5 Å². The average Bonchev–Trinajstić information content (AvgIpc) is 2.34. The minimum absolute atomic E-state index is 0.181. The highest BCUT2D eigenvalue weighted by molar-refractivity contribution is 5.58. The molecule has 1 aromatic rings. The first-order valence-electron chi connectivity index (χ1n) is 6.26. The van der Waals surface area contributed by atoms with Crippen LogP contribution < -0.4 is 11.1 Å². The second kappa shape index (κ2) is 7.23. The zero-order valence-corrected chi connectivity index (χ0v) is 10.6. The Balaban J connectivity index is 2.47. The van der Waals surface area contributed by atoms with E-state index in [1.54, 1.807) is 0 Å². The van der Waals surface area contributed by atoms with Gasteiger partial charge in [-0.2, -0.15) is 13.2 Å². The van der Waals surface area contributed by atoms with Crippen molar-refractivity contribution in [3.63, 3.8) is 0 Å². The van der Waals surface area contributed by atoms with Gasteiger partial charge >= 0.3 is 6.18 Å². The predicted molar refractivity (Wildman–Crippen MR) is 69.9 cm³/mol. The van der Waals surface area contributed by atoms with Crippen molar-refractivity contribution >= 4 is 11.4 Å². The first-order valence-corrected chi connectivity index (χ1v) is 6.26. The molecule has 1 aromatic carbocycles. The molecule has 0 heterocycles. The van der Waals surface area contributed by atoms with E-state index in [0.717, 1.165) is 31.7 Å². The second-order valence-electron chi connectivity index (χ2n) is 4.36. The second-order valence-corrected chi connectivity index (χ2v) is 4.36. The monoisotopic (exact) mass is 276 g/mol. The average molecular weight is 276 g/mol. The molecule has 19 heavy (non-hydrogen) atoms. The number of alkyl halides is 3. The predicted octanol–water partition coefficient (Wildman–Crippen LogP) is 3.25. The molecule has 0 aliphatic carbocycles. The summed E-state index contributed by atoms with van der Waals surface area (Å²) in [6.07, 6.45) is -0.947. The number of nitrogen functional groups attached to an aromatic ring is 1. The van der Waals surface area contributed by atoms with E-state index in [4.69, 9.17) is 10.8 Å². The van der Waals surface area contributed by atoms with Gasteiger partial charge in [-0.1, -0.05) is 12.8 Å². The molecule has 0 aromatic heterocycles. The molecular formula is C13H19F3N2O. The van der Waals surface area contributed by atoms with Crippen molar-refractivity contribution in [2.24, 2.45) is 0 Å². The zero-order chi connectivity index (χ0) is 14.3. The van der Waals surface area contributed by atoms with E-state index in [1.165, 1.54) is 12.1 Å². The molecule has 0 amide bonds. The molecular weight excluding hydrogens is 257 g/mol. The Morgan fingerprint density at radius 3 is 2.42 bits per heavy atom. The first kappa shape index (κ1) is 15.6. The van der Waals surface area contributed by atoms with Crippen molar-refractivity contribution in [1.29, 1.82) is 0 Å². The van der Waals surface area contributed by atoms with E-state index in [1.807, 2.05) is 0 Å². The Kier molecular flexibility index (Phi) is 5.95. The number of hydrogen-bond acceptors (Lipinski definition) is 3. The van der Waals surface area contributed by atoms with Crippen molar-refractivity contribution in [3.05, 3.63) is 23.8 Å². The topological polar surface area (TPSA) is 58.3 Å². The van der Waals surface area contributed by atoms with Gasteiger partial charge in [0.2, 0.25) is 0 Å². The summed E-state index contributed by atoms with van der Waals surface area (Å²) >= 11 is 0. The molecule has 0 fully saturated rings. The molecule has 0 atom stereocenters. The van der Waals surface area contributed by atoms with Gasteiger partial charge in [0.1, 0.15) is 0 Å². The Labute approximate surface area is 110 Å². The van der Waals surface area contributed by atoms with E-state index in [-0.39, 0.29) is 12.3 Å². The number of aliphatic hydroxyl groups is 1. The van der Waals surface area contributed by atoms with E-state index in [0.29, 0.717) is 12.2 Å². The number of anilines is 2. The van der Waals surface area contributed by atoms with Crippen LogP contribution in [0.2, 0.25) is 0 Å². The molecule has 0 saturated carbocycles. The van der Waals surface area contributed by atoms with Gasteiger partial charge in [-0.05, 0) is 31.0 Å². The summed E-state index contributed by atoms with van der Waals surface area (Å²) < 4.78 is 37.9. The van der Waals surface area contributed by atoms with Gasteiger partial charge in [-0.3, -0.25) is 0 Å². The lowest BCUT2D eigenvalue weighted by Crippen LogP contribution is -2.10. The molecule has 0 aliphatic heterocycles. The van der Waals surface area contributed by atoms with Crippen molar-refractivity contribution < 1.29 is 18.3 Å². The Morgan fingerprint density at radius 1 is 1.11 bits per heavy atom. The Bertz CT molecular complexity index is 394. The van der Waals surface area contributed by atoms with Crippen LogP contribution in [-0.4, -0.2) is 18.3 Å². The standard InChI is InChI=1S/C13H19F3N2O/c14-13(15,16)11-9-10(5-6-12(11)17)18-7-3-1-2-4-8-19/h5-6,9,18-19H,1-4,7-8,17H2. The van der Waals surface area contributed by atoms with E-state index < -0.39 is 11.7 Å². The molecule has 0 saturated heterocycles. The summed E-state index contributed by atoms with van der Waals surface area (Å²) in [4.78, 5) is 0. The third-order valence-electron chi connectivity index (χ3n) is 2.77. The lowest BCUT2D eigenvalue weighted by Gasteiger charge is -2.13. The van der Waals surface area contributed by atoms with Crippen LogP contribution in [0.4, 0.5) is 24.5 Å². The van der Waals surface area contributed by atoms with Crippen LogP contribution in [-0.2, 0) is 6.18 Å². The molecule has 0 spiro atoms. The van der Waals surface area contributed by atoms with Crippen molar-refractivity contribution in [3.8, 4) is 0 Å². The summed E-state index contributed by atoms with van der Waals surface area (Å²) in [5, 5.41) is 11.5.